The molecule has 0 bridgehead atoms. The third kappa shape index (κ3) is 6.44. The quantitative estimate of drug-likeness (QED) is 0.404. The molecule has 0 radical (unpaired) electrons. The molecule has 0 fully saturated rings. The van der Waals surface area contributed by atoms with Gasteiger partial charge in [0.15, 0.2) is 5.11 Å². The lowest BCUT2D eigenvalue weighted by Crippen LogP contribution is -2.34. The van der Waals surface area contributed by atoms with Gasteiger partial charge in [-0.05, 0) is 61.6 Å². The average Bonchev–Trinajstić information content (AvgIpc) is 2.80. The van der Waals surface area contributed by atoms with Crippen molar-refractivity contribution in [2.75, 3.05) is 24.4 Å². The fourth-order valence-electron chi connectivity index (χ4n) is 2.94. The van der Waals surface area contributed by atoms with Crippen LogP contribution >= 0.6 is 23.8 Å². The summed E-state index contributed by atoms with van der Waals surface area (Å²) in [5.41, 5.74) is 1.78. The van der Waals surface area contributed by atoms with E-state index in [1.807, 2.05) is 6.92 Å². The van der Waals surface area contributed by atoms with E-state index in [2.05, 4.69) is 16.0 Å². The first-order chi connectivity index (χ1) is 15.9. The van der Waals surface area contributed by atoms with Crippen LogP contribution in [0.1, 0.15) is 27.6 Å². The van der Waals surface area contributed by atoms with Crippen molar-refractivity contribution in [3.05, 3.63) is 82.9 Å². The van der Waals surface area contributed by atoms with Crippen LogP contribution in [0.25, 0.3) is 0 Å². The topological polar surface area (TPSA) is 88.7 Å². The number of nitrogens with one attached hydrogen (secondary N) is 3. The highest BCUT2D eigenvalue weighted by atomic mass is 35.5. The number of halogens is 1. The molecule has 3 N–H and O–H groups in total. The molecular weight excluding hydrogens is 462 g/mol. The number of benzene rings is 3. The van der Waals surface area contributed by atoms with Crippen LogP contribution in [0, 0.1) is 0 Å². The summed E-state index contributed by atoms with van der Waals surface area (Å²) >= 11 is 11.4. The van der Waals surface area contributed by atoms with Gasteiger partial charge in [0.05, 0.1) is 30.0 Å². The van der Waals surface area contributed by atoms with E-state index in [0.29, 0.717) is 45.6 Å². The number of methoxy groups -OCH3 is 1. The smallest absolute Gasteiger partial charge is 0.257 e. The predicted octanol–water partition coefficient (Wildman–Crippen LogP) is 5.13. The summed E-state index contributed by atoms with van der Waals surface area (Å²) < 4.78 is 10.8. The van der Waals surface area contributed by atoms with E-state index in [4.69, 9.17) is 33.3 Å². The summed E-state index contributed by atoms with van der Waals surface area (Å²) in [5, 5.41) is 8.79. The molecule has 3 aromatic rings. The highest BCUT2D eigenvalue weighted by molar-refractivity contribution is 7.80. The van der Waals surface area contributed by atoms with Crippen molar-refractivity contribution in [1.82, 2.24) is 5.32 Å². The summed E-state index contributed by atoms with van der Waals surface area (Å²) in [7, 11) is 1.48. The second-order valence-electron chi connectivity index (χ2n) is 6.72. The van der Waals surface area contributed by atoms with Crippen molar-refractivity contribution >= 4 is 52.1 Å². The Morgan fingerprint density at radius 3 is 2.48 bits per heavy atom. The van der Waals surface area contributed by atoms with Gasteiger partial charge in [-0.3, -0.25) is 14.9 Å². The molecule has 0 aliphatic rings. The molecule has 33 heavy (non-hydrogen) atoms. The number of ether oxygens (including phenoxy) is 2. The Balaban J connectivity index is 1.66. The largest absolute Gasteiger partial charge is 0.494 e. The Hall–Kier alpha value is -3.62. The lowest BCUT2D eigenvalue weighted by atomic mass is 10.2. The van der Waals surface area contributed by atoms with Crippen molar-refractivity contribution in [3.8, 4) is 11.5 Å². The zero-order valence-corrected chi connectivity index (χ0v) is 19.5. The van der Waals surface area contributed by atoms with Crippen LogP contribution in [0.5, 0.6) is 11.5 Å². The maximum atomic E-state index is 12.5. The molecule has 0 aliphatic carbocycles. The van der Waals surface area contributed by atoms with Crippen molar-refractivity contribution in [2.24, 2.45) is 0 Å². The first-order valence-electron chi connectivity index (χ1n) is 10.0. The normalized spacial score (nSPS) is 10.2. The van der Waals surface area contributed by atoms with E-state index >= 15 is 0 Å². The molecule has 3 aromatic carbocycles. The maximum absolute atomic E-state index is 12.5. The highest BCUT2D eigenvalue weighted by Gasteiger charge is 2.14. The van der Waals surface area contributed by atoms with Gasteiger partial charge in [0, 0.05) is 17.3 Å². The van der Waals surface area contributed by atoms with Crippen LogP contribution in [0.2, 0.25) is 5.02 Å². The van der Waals surface area contributed by atoms with E-state index < -0.39 is 0 Å². The number of amides is 2. The Bertz CT molecular complexity index is 1190. The Kier molecular flexibility index (Phi) is 8.23. The van der Waals surface area contributed by atoms with E-state index in [1.165, 1.54) is 7.11 Å². The number of anilines is 2. The summed E-state index contributed by atoms with van der Waals surface area (Å²) in [6, 6.07) is 18.6. The number of carbonyl (C=O) groups is 2. The van der Waals surface area contributed by atoms with Crippen LogP contribution in [0.4, 0.5) is 11.4 Å². The highest BCUT2D eigenvalue weighted by Crippen LogP contribution is 2.29. The molecule has 0 aliphatic heterocycles. The lowest BCUT2D eigenvalue weighted by Gasteiger charge is -2.14. The first kappa shape index (κ1) is 24.0. The van der Waals surface area contributed by atoms with Gasteiger partial charge in [0.2, 0.25) is 0 Å². The van der Waals surface area contributed by atoms with Crippen LogP contribution in [-0.2, 0) is 0 Å². The number of rotatable bonds is 7. The van der Waals surface area contributed by atoms with Crippen LogP contribution in [-0.4, -0.2) is 30.6 Å². The minimum atomic E-state index is -0.371. The third-order valence-electron chi connectivity index (χ3n) is 4.46. The molecule has 0 heterocycles. The van der Waals surface area contributed by atoms with Crippen LogP contribution in [0.15, 0.2) is 66.7 Å². The van der Waals surface area contributed by atoms with Gasteiger partial charge >= 0.3 is 0 Å². The van der Waals surface area contributed by atoms with Gasteiger partial charge in [0.1, 0.15) is 11.5 Å². The Morgan fingerprint density at radius 2 is 1.76 bits per heavy atom. The van der Waals surface area contributed by atoms with E-state index in [0.717, 1.165) is 0 Å². The number of hydrogen-bond acceptors (Lipinski definition) is 5. The van der Waals surface area contributed by atoms with Gasteiger partial charge < -0.3 is 20.1 Å². The van der Waals surface area contributed by atoms with Gasteiger partial charge in [-0.15, -0.1) is 0 Å². The zero-order valence-electron chi connectivity index (χ0n) is 18.0. The monoisotopic (exact) mass is 483 g/mol. The average molecular weight is 484 g/mol. The molecular formula is C24H22ClN3O4S. The standard InChI is InChI=1S/C24H22ClN3O4S/c1-3-32-17-8-6-7-15(13-17)22(29)28-24(33)26-16-11-12-20(21(14-16)31-2)27-23(30)18-9-4-5-10-19(18)25/h4-14H,3H2,1-2H3,(H,27,30)(H2,26,28,29,33). The Morgan fingerprint density at radius 1 is 0.970 bits per heavy atom. The van der Waals surface area contributed by atoms with Gasteiger partial charge in [0.25, 0.3) is 11.8 Å². The molecule has 0 saturated carbocycles. The van der Waals surface area contributed by atoms with Gasteiger partial charge in [-0.25, -0.2) is 0 Å². The fraction of sp³-hybridized carbons (Fsp3) is 0.125. The number of carbonyl (C=O) groups excluding carboxylic acids is 2. The van der Waals surface area contributed by atoms with E-state index in [9.17, 15) is 9.59 Å². The summed E-state index contributed by atoms with van der Waals surface area (Å²) in [6.07, 6.45) is 0. The minimum Gasteiger partial charge on any atom is -0.494 e. The van der Waals surface area contributed by atoms with Crippen molar-refractivity contribution < 1.29 is 19.1 Å². The van der Waals surface area contributed by atoms with E-state index in [1.54, 1.807) is 66.7 Å². The van der Waals surface area contributed by atoms with Crippen LogP contribution in [0.3, 0.4) is 0 Å². The number of hydrogen-bond donors (Lipinski definition) is 3. The first-order valence-corrected chi connectivity index (χ1v) is 10.8. The molecule has 0 unspecified atom stereocenters. The third-order valence-corrected chi connectivity index (χ3v) is 4.99. The van der Waals surface area contributed by atoms with Gasteiger partial charge in [-0.2, -0.15) is 0 Å². The second kappa shape index (κ2) is 11.3. The minimum absolute atomic E-state index is 0.108. The molecule has 3 rings (SSSR count). The van der Waals surface area contributed by atoms with E-state index in [-0.39, 0.29) is 16.9 Å². The maximum Gasteiger partial charge on any atom is 0.257 e. The van der Waals surface area contributed by atoms with Crippen molar-refractivity contribution in [2.45, 2.75) is 6.92 Å². The molecule has 2 amide bonds. The summed E-state index contributed by atoms with van der Waals surface area (Å²) in [6.45, 7) is 2.37. The SMILES string of the molecule is CCOc1cccc(C(=O)NC(=S)Nc2ccc(NC(=O)c3ccccc3Cl)c(OC)c2)c1. The fourth-order valence-corrected chi connectivity index (χ4v) is 3.37. The summed E-state index contributed by atoms with van der Waals surface area (Å²) in [4.78, 5) is 25.0. The van der Waals surface area contributed by atoms with Crippen molar-refractivity contribution in [1.29, 1.82) is 0 Å². The molecule has 0 spiro atoms. The molecule has 7 nitrogen and oxygen atoms in total. The Labute approximate surface area is 202 Å². The predicted molar refractivity (Wildman–Crippen MR) is 134 cm³/mol. The molecule has 170 valence electrons. The van der Waals surface area contributed by atoms with Gasteiger partial charge in [-0.1, -0.05) is 29.8 Å². The van der Waals surface area contributed by atoms with Crippen molar-refractivity contribution in [3.63, 3.8) is 0 Å². The molecule has 0 aromatic heterocycles. The zero-order chi connectivity index (χ0) is 23.8. The lowest BCUT2D eigenvalue weighted by molar-refractivity contribution is 0.0976. The molecule has 0 saturated heterocycles. The summed E-state index contributed by atoms with van der Waals surface area (Å²) in [5.74, 6) is 0.267. The molecule has 9 heteroatoms. The molecule has 0 atom stereocenters. The second-order valence-corrected chi connectivity index (χ2v) is 7.53. The van der Waals surface area contributed by atoms with Crippen LogP contribution < -0.4 is 25.4 Å². The number of thiocarbonyl (C=S) groups is 1.